The van der Waals surface area contributed by atoms with Gasteiger partial charge in [0.25, 0.3) is 0 Å². The average Bonchev–Trinajstić information content (AvgIpc) is 2.15. The summed E-state index contributed by atoms with van der Waals surface area (Å²) in [4.78, 5) is 10.9. The van der Waals surface area contributed by atoms with Crippen molar-refractivity contribution in [1.82, 2.24) is 0 Å². The molecule has 4 heteroatoms. The van der Waals surface area contributed by atoms with Crippen LogP contribution < -0.4 is 0 Å². The molecule has 1 rings (SSSR count). The molecular formula is C12H14F2O2. The lowest BCUT2D eigenvalue weighted by molar-refractivity contribution is -0.141. The highest BCUT2D eigenvalue weighted by molar-refractivity contribution is 5.70. The Morgan fingerprint density at radius 2 is 1.88 bits per heavy atom. The number of benzene rings is 1. The van der Waals surface area contributed by atoms with Crippen molar-refractivity contribution in [1.29, 1.82) is 0 Å². The molecule has 0 heterocycles. The van der Waals surface area contributed by atoms with Gasteiger partial charge in [-0.05, 0) is 30.5 Å². The van der Waals surface area contributed by atoms with Crippen molar-refractivity contribution in [2.24, 2.45) is 5.92 Å². The van der Waals surface area contributed by atoms with E-state index < -0.39 is 23.5 Å². The van der Waals surface area contributed by atoms with Crippen molar-refractivity contribution in [2.45, 2.75) is 26.2 Å². The molecule has 0 radical (unpaired) electrons. The van der Waals surface area contributed by atoms with E-state index in [1.807, 2.05) is 6.92 Å². The van der Waals surface area contributed by atoms with Crippen LogP contribution in [0.15, 0.2) is 18.2 Å². The third-order valence-electron chi connectivity index (χ3n) is 2.39. The molecule has 1 atom stereocenters. The second-order valence-corrected chi connectivity index (χ2v) is 3.81. The molecule has 0 aliphatic carbocycles. The van der Waals surface area contributed by atoms with Crippen molar-refractivity contribution in [2.75, 3.05) is 0 Å². The summed E-state index contributed by atoms with van der Waals surface area (Å²) in [6, 6.07) is 3.13. The monoisotopic (exact) mass is 228 g/mol. The highest BCUT2D eigenvalue weighted by atomic mass is 19.1. The van der Waals surface area contributed by atoms with Crippen molar-refractivity contribution >= 4 is 5.97 Å². The minimum absolute atomic E-state index is 0.165. The molecule has 0 aliphatic heterocycles. The van der Waals surface area contributed by atoms with Crippen LogP contribution in [0.3, 0.4) is 0 Å². The Hall–Kier alpha value is -1.45. The number of halogens is 2. The van der Waals surface area contributed by atoms with Gasteiger partial charge in [0.15, 0.2) is 0 Å². The highest BCUT2D eigenvalue weighted by Gasteiger charge is 2.17. The van der Waals surface area contributed by atoms with Crippen LogP contribution in [0.2, 0.25) is 0 Å². The maximum atomic E-state index is 12.9. The second-order valence-electron chi connectivity index (χ2n) is 3.81. The van der Waals surface area contributed by atoms with Gasteiger partial charge in [0.1, 0.15) is 11.6 Å². The Labute approximate surface area is 92.9 Å². The fraction of sp³-hybridized carbons (Fsp3) is 0.417. The van der Waals surface area contributed by atoms with Gasteiger partial charge in [-0.25, -0.2) is 8.78 Å². The Balaban J connectivity index is 2.80. The summed E-state index contributed by atoms with van der Waals surface area (Å²) < 4.78 is 25.8. The van der Waals surface area contributed by atoms with Crippen molar-refractivity contribution in [3.63, 3.8) is 0 Å². The van der Waals surface area contributed by atoms with E-state index >= 15 is 0 Å². The number of hydrogen-bond donors (Lipinski definition) is 1. The number of rotatable bonds is 5. The van der Waals surface area contributed by atoms with E-state index in [4.69, 9.17) is 5.11 Å². The zero-order valence-corrected chi connectivity index (χ0v) is 9.04. The second kappa shape index (κ2) is 5.58. The molecular weight excluding hydrogens is 214 g/mol. The van der Waals surface area contributed by atoms with Crippen LogP contribution in [-0.4, -0.2) is 11.1 Å². The van der Waals surface area contributed by atoms with Crippen LogP contribution in [0.4, 0.5) is 8.78 Å². The Morgan fingerprint density at radius 3 is 2.31 bits per heavy atom. The molecule has 0 spiro atoms. The minimum atomic E-state index is -0.925. The first-order valence-corrected chi connectivity index (χ1v) is 5.20. The van der Waals surface area contributed by atoms with Crippen LogP contribution in [0, 0.1) is 17.6 Å². The lowest BCUT2D eigenvalue weighted by Gasteiger charge is -2.11. The van der Waals surface area contributed by atoms with E-state index in [-0.39, 0.29) is 6.42 Å². The van der Waals surface area contributed by atoms with Crippen molar-refractivity contribution < 1.29 is 18.7 Å². The standard InChI is InChI=1S/C12H14F2O2/c1-2-3-9(12(15)16)4-8-5-10(13)7-11(14)6-8/h5-7,9H,2-4H2,1H3,(H,15,16)/t9-/m0/s1. The first-order valence-electron chi connectivity index (χ1n) is 5.20. The smallest absolute Gasteiger partial charge is 0.306 e. The summed E-state index contributed by atoms with van der Waals surface area (Å²) in [5.41, 5.74) is 0.387. The molecule has 0 fully saturated rings. The summed E-state index contributed by atoms with van der Waals surface area (Å²) in [5.74, 6) is -2.84. The fourth-order valence-electron chi connectivity index (χ4n) is 1.67. The third kappa shape index (κ3) is 3.61. The van der Waals surface area contributed by atoms with Gasteiger partial charge >= 0.3 is 5.97 Å². The van der Waals surface area contributed by atoms with Crippen LogP contribution in [0.25, 0.3) is 0 Å². The summed E-state index contributed by atoms with van der Waals surface area (Å²) in [5, 5.41) is 8.92. The fourth-order valence-corrected chi connectivity index (χ4v) is 1.67. The normalized spacial score (nSPS) is 12.4. The van der Waals surface area contributed by atoms with E-state index in [0.717, 1.165) is 12.5 Å². The highest BCUT2D eigenvalue weighted by Crippen LogP contribution is 2.16. The Kier molecular flexibility index (Phi) is 4.40. The summed E-state index contributed by atoms with van der Waals surface area (Å²) in [6.07, 6.45) is 1.40. The van der Waals surface area contributed by atoms with Crippen molar-refractivity contribution in [3.8, 4) is 0 Å². The number of carbonyl (C=O) groups is 1. The molecule has 0 saturated carbocycles. The number of aliphatic carboxylic acids is 1. The molecule has 0 saturated heterocycles. The van der Waals surface area contributed by atoms with Gasteiger partial charge in [-0.15, -0.1) is 0 Å². The van der Waals surface area contributed by atoms with Crippen LogP contribution in [0.1, 0.15) is 25.3 Å². The number of carboxylic acids is 1. The molecule has 0 bridgehead atoms. The van der Waals surface area contributed by atoms with E-state index in [2.05, 4.69) is 0 Å². The summed E-state index contributed by atoms with van der Waals surface area (Å²) >= 11 is 0. The summed E-state index contributed by atoms with van der Waals surface area (Å²) in [7, 11) is 0. The lowest BCUT2D eigenvalue weighted by Crippen LogP contribution is -2.16. The van der Waals surface area contributed by atoms with Crippen molar-refractivity contribution in [3.05, 3.63) is 35.4 Å². The van der Waals surface area contributed by atoms with Crippen LogP contribution in [0.5, 0.6) is 0 Å². The molecule has 0 unspecified atom stereocenters. The first-order chi connectivity index (χ1) is 7.52. The maximum Gasteiger partial charge on any atom is 0.306 e. The lowest BCUT2D eigenvalue weighted by atomic mass is 9.95. The summed E-state index contributed by atoms with van der Waals surface area (Å²) in [6.45, 7) is 1.88. The van der Waals surface area contributed by atoms with Gasteiger partial charge < -0.3 is 5.11 Å². The van der Waals surface area contributed by atoms with Gasteiger partial charge in [-0.2, -0.15) is 0 Å². The van der Waals surface area contributed by atoms with Gasteiger partial charge in [0.05, 0.1) is 5.92 Å². The quantitative estimate of drug-likeness (QED) is 0.841. The number of carboxylic acid groups (broad SMARTS) is 1. The average molecular weight is 228 g/mol. The molecule has 0 aliphatic rings. The molecule has 88 valence electrons. The van der Waals surface area contributed by atoms with E-state index in [1.165, 1.54) is 12.1 Å². The Bertz CT molecular complexity index is 357. The van der Waals surface area contributed by atoms with Crippen LogP contribution in [-0.2, 0) is 11.2 Å². The topological polar surface area (TPSA) is 37.3 Å². The predicted octanol–water partition coefficient (Wildman–Crippen LogP) is 3.01. The van der Waals surface area contributed by atoms with Gasteiger partial charge in [0.2, 0.25) is 0 Å². The molecule has 0 aromatic heterocycles. The maximum absolute atomic E-state index is 12.9. The molecule has 1 N–H and O–H groups in total. The minimum Gasteiger partial charge on any atom is -0.481 e. The molecule has 16 heavy (non-hydrogen) atoms. The van der Waals surface area contributed by atoms with Gasteiger partial charge in [0, 0.05) is 6.07 Å². The van der Waals surface area contributed by atoms with Gasteiger partial charge in [-0.3, -0.25) is 4.79 Å². The Morgan fingerprint density at radius 1 is 1.31 bits per heavy atom. The van der Waals surface area contributed by atoms with Gasteiger partial charge in [-0.1, -0.05) is 13.3 Å². The SMILES string of the molecule is CCC[C@@H](Cc1cc(F)cc(F)c1)C(=O)O. The zero-order chi connectivity index (χ0) is 12.1. The third-order valence-corrected chi connectivity index (χ3v) is 2.39. The largest absolute Gasteiger partial charge is 0.481 e. The predicted molar refractivity (Wildman–Crippen MR) is 56.1 cm³/mol. The molecule has 1 aromatic carbocycles. The van der Waals surface area contributed by atoms with Crippen LogP contribution >= 0.6 is 0 Å². The number of hydrogen-bond acceptors (Lipinski definition) is 1. The zero-order valence-electron chi connectivity index (χ0n) is 9.04. The van der Waals surface area contributed by atoms with E-state index in [0.29, 0.717) is 12.0 Å². The molecule has 0 amide bonds. The van der Waals surface area contributed by atoms with E-state index in [9.17, 15) is 13.6 Å². The molecule has 2 nitrogen and oxygen atoms in total. The van der Waals surface area contributed by atoms with E-state index in [1.54, 1.807) is 0 Å². The first kappa shape index (κ1) is 12.6. The molecule has 1 aromatic rings.